The van der Waals surface area contributed by atoms with Crippen molar-refractivity contribution in [2.45, 2.75) is 26.7 Å². The molecule has 148 valence electrons. The van der Waals surface area contributed by atoms with Gasteiger partial charge in [-0.3, -0.25) is 4.79 Å². The van der Waals surface area contributed by atoms with Gasteiger partial charge in [0.1, 0.15) is 5.82 Å². The Morgan fingerprint density at radius 1 is 1.04 bits per heavy atom. The summed E-state index contributed by atoms with van der Waals surface area (Å²) in [5.41, 5.74) is 3.21. The van der Waals surface area contributed by atoms with Gasteiger partial charge in [0.2, 0.25) is 0 Å². The standard InChI is InChI=1S/C23H30N4O/c1-18-5-3-7-21(15-18)25-11-13-26(14-12-25)23(28)20-8-9-22(24-16-20)27-10-4-6-19(2)17-27/h3,5,7-9,15-16,19H,4,6,10-14,17H2,1-2H3. The molecule has 1 atom stereocenters. The Morgan fingerprint density at radius 3 is 2.54 bits per heavy atom. The molecular weight excluding hydrogens is 348 g/mol. The normalized spacial score (nSPS) is 20.4. The maximum Gasteiger partial charge on any atom is 0.255 e. The molecule has 5 nitrogen and oxygen atoms in total. The van der Waals surface area contributed by atoms with E-state index in [9.17, 15) is 4.79 Å². The molecule has 0 aliphatic carbocycles. The number of piperazine rings is 1. The number of hydrogen-bond donors (Lipinski definition) is 0. The highest BCUT2D eigenvalue weighted by Gasteiger charge is 2.23. The molecule has 1 aromatic heterocycles. The second-order valence-electron chi connectivity index (χ2n) is 8.22. The van der Waals surface area contributed by atoms with Crippen LogP contribution < -0.4 is 9.80 Å². The van der Waals surface area contributed by atoms with Crippen molar-refractivity contribution in [3.05, 3.63) is 53.7 Å². The lowest BCUT2D eigenvalue weighted by atomic mass is 10.0. The second-order valence-corrected chi connectivity index (χ2v) is 8.22. The monoisotopic (exact) mass is 378 g/mol. The van der Waals surface area contributed by atoms with Crippen molar-refractivity contribution in [3.63, 3.8) is 0 Å². The number of carbonyl (C=O) groups excluding carboxylic acids is 1. The van der Waals surface area contributed by atoms with Crippen LogP contribution in [0, 0.1) is 12.8 Å². The summed E-state index contributed by atoms with van der Waals surface area (Å²) in [5, 5.41) is 0. The number of hydrogen-bond acceptors (Lipinski definition) is 4. The van der Waals surface area contributed by atoms with Gasteiger partial charge in [0, 0.05) is 51.2 Å². The van der Waals surface area contributed by atoms with Gasteiger partial charge in [-0.25, -0.2) is 4.98 Å². The van der Waals surface area contributed by atoms with Gasteiger partial charge in [0.25, 0.3) is 5.91 Å². The van der Waals surface area contributed by atoms with Crippen molar-refractivity contribution in [2.24, 2.45) is 5.92 Å². The van der Waals surface area contributed by atoms with Crippen molar-refractivity contribution >= 4 is 17.4 Å². The highest BCUT2D eigenvalue weighted by atomic mass is 16.2. The third-order valence-corrected chi connectivity index (χ3v) is 5.91. The van der Waals surface area contributed by atoms with E-state index >= 15 is 0 Å². The summed E-state index contributed by atoms with van der Waals surface area (Å²) in [6.45, 7) is 9.76. The number of carbonyl (C=O) groups is 1. The Morgan fingerprint density at radius 2 is 1.86 bits per heavy atom. The Hall–Kier alpha value is -2.56. The fraction of sp³-hybridized carbons (Fsp3) is 0.478. The third kappa shape index (κ3) is 4.13. The molecule has 2 aliphatic heterocycles. The molecule has 2 saturated heterocycles. The Kier molecular flexibility index (Phi) is 5.51. The molecule has 2 aromatic rings. The summed E-state index contributed by atoms with van der Waals surface area (Å²) in [6, 6.07) is 12.5. The van der Waals surface area contributed by atoms with Crippen molar-refractivity contribution < 1.29 is 4.79 Å². The van der Waals surface area contributed by atoms with E-state index in [4.69, 9.17) is 0 Å². The van der Waals surface area contributed by atoms with Gasteiger partial charge in [-0.1, -0.05) is 19.1 Å². The van der Waals surface area contributed by atoms with Crippen LogP contribution in [0.25, 0.3) is 0 Å². The maximum atomic E-state index is 12.9. The largest absolute Gasteiger partial charge is 0.368 e. The molecule has 2 aliphatic rings. The highest BCUT2D eigenvalue weighted by Crippen LogP contribution is 2.22. The number of pyridine rings is 1. The molecule has 1 unspecified atom stereocenters. The Bertz CT molecular complexity index is 812. The smallest absolute Gasteiger partial charge is 0.255 e. The van der Waals surface area contributed by atoms with Crippen molar-refractivity contribution in [2.75, 3.05) is 49.1 Å². The average Bonchev–Trinajstić information content (AvgIpc) is 2.73. The van der Waals surface area contributed by atoms with Crippen molar-refractivity contribution in [1.82, 2.24) is 9.88 Å². The van der Waals surface area contributed by atoms with Crippen molar-refractivity contribution in [3.8, 4) is 0 Å². The topological polar surface area (TPSA) is 39.7 Å². The van der Waals surface area contributed by atoms with Gasteiger partial charge in [-0.2, -0.15) is 0 Å². The number of nitrogens with zero attached hydrogens (tertiary/aromatic N) is 4. The van der Waals surface area contributed by atoms with E-state index in [2.05, 4.69) is 52.9 Å². The zero-order chi connectivity index (χ0) is 19.5. The third-order valence-electron chi connectivity index (χ3n) is 5.91. The number of rotatable bonds is 3. The number of anilines is 2. The molecule has 5 heteroatoms. The maximum absolute atomic E-state index is 12.9. The zero-order valence-electron chi connectivity index (χ0n) is 17.0. The Labute approximate surface area is 168 Å². The van der Waals surface area contributed by atoms with Crippen LogP contribution in [0.5, 0.6) is 0 Å². The molecule has 1 aromatic carbocycles. The van der Waals surface area contributed by atoms with E-state index in [0.717, 1.165) is 45.1 Å². The van der Waals surface area contributed by atoms with Crippen LogP contribution in [-0.2, 0) is 0 Å². The molecule has 0 spiro atoms. The quantitative estimate of drug-likeness (QED) is 0.818. The van der Waals surface area contributed by atoms with E-state index in [1.165, 1.54) is 24.1 Å². The molecule has 3 heterocycles. The van der Waals surface area contributed by atoms with E-state index < -0.39 is 0 Å². The van der Waals surface area contributed by atoms with E-state index in [1.54, 1.807) is 6.20 Å². The van der Waals surface area contributed by atoms with Gasteiger partial charge in [-0.15, -0.1) is 0 Å². The first-order chi connectivity index (χ1) is 13.6. The van der Waals surface area contributed by atoms with Gasteiger partial charge < -0.3 is 14.7 Å². The summed E-state index contributed by atoms with van der Waals surface area (Å²) in [4.78, 5) is 24.1. The van der Waals surface area contributed by atoms with E-state index in [-0.39, 0.29) is 5.91 Å². The van der Waals surface area contributed by atoms with Crippen LogP contribution >= 0.6 is 0 Å². The predicted molar refractivity (Wildman–Crippen MR) is 114 cm³/mol. The Balaban J connectivity index is 1.36. The summed E-state index contributed by atoms with van der Waals surface area (Å²) in [5.74, 6) is 1.80. The average molecular weight is 379 g/mol. The van der Waals surface area contributed by atoms with Crippen LogP contribution in [0.2, 0.25) is 0 Å². The molecular formula is C23H30N4O. The molecule has 0 N–H and O–H groups in total. The van der Waals surface area contributed by atoms with Gasteiger partial charge in [0.05, 0.1) is 5.56 Å². The van der Waals surface area contributed by atoms with Gasteiger partial charge in [-0.05, 0) is 55.5 Å². The summed E-state index contributed by atoms with van der Waals surface area (Å²) >= 11 is 0. The molecule has 2 fully saturated rings. The first-order valence-electron chi connectivity index (χ1n) is 10.4. The molecule has 28 heavy (non-hydrogen) atoms. The first kappa shape index (κ1) is 18.8. The van der Waals surface area contributed by atoms with Crippen LogP contribution in [0.3, 0.4) is 0 Å². The summed E-state index contributed by atoms with van der Waals surface area (Å²) in [7, 11) is 0. The fourth-order valence-electron chi connectivity index (χ4n) is 4.27. The van der Waals surface area contributed by atoms with E-state index in [0.29, 0.717) is 11.5 Å². The summed E-state index contributed by atoms with van der Waals surface area (Å²) < 4.78 is 0. The van der Waals surface area contributed by atoms with Crippen LogP contribution in [-0.4, -0.2) is 55.1 Å². The van der Waals surface area contributed by atoms with Crippen LogP contribution in [0.1, 0.15) is 35.7 Å². The zero-order valence-corrected chi connectivity index (χ0v) is 17.0. The summed E-state index contributed by atoms with van der Waals surface area (Å²) in [6.07, 6.45) is 4.26. The number of aromatic nitrogens is 1. The highest BCUT2D eigenvalue weighted by molar-refractivity contribution is 5.94. The van der Waals surface area contributed by atoms with E-state index in [1.807, 2.05) is 17.0 Å². The molecule has 0 saturated carbocycles. The van der Waals surface area contributed by atoms with Crippen molar-refractivity contribution in [1.29, 1.82) is 0 Å². The minimum absolute atomic E-state index is 0.0926. The molecule has 4 rings (SSSR count). The number of benzene rings is 1. The molecule has 0 radical (unpaired) electrons. The lowest BCUT2D eigenvalue weighted by molar-refractivity contribution is 0.0746. The predicted octanol–water partition coefficient (Wildman–Crippen LogP) is 3.59. The fourth-order valence-corrected chi connectivity index (χ4v) is 4.27. The molecule has 1 amide bonds. The lowest BCUT2D eigenvalue weighted by Gasteiger charge is -2.36. The minimum Gasteiger partial charge on any atom is -0.368 e. The SMILES string of the molecule is Cc1cccc(N2CCN(C(=O)c3ccc(N4CCCC(C)C4)nc3)CC2)c1. The number of aryl methyl sites for hydroxylation is 1. The van der Waals surface area contributed by atoms with Crippen LogP contribution in [0.15, 0.2) is 42.6 Å². The van der Waals surface area contributed by atoms with Crippen LogP contribution in [0.4, 0.5) is 11.5 Å². The minimum atomic E-state index is 0.0926. The molecule has 0 bridgehead atoms. The lowest BCUT2D eigenvalue weighted by Crippen LogP contribution is -2.48. The van der Waals surface area contributed by atoms with Gasteiger partial charge >= 0.3 is 0 Å². The second kappa shape index (κ2) is 8.21. The first-order valence-corrected chi connectivity index (χ1v) is 10.4. The number of piperidine rings is 1. The van der Waals surface area contributed by atoms with Gasteiger partial charge in [0.15, 0.2) is 0 Å². The number of amides is 1.